The van der Waals surface area contributed by atoms with Crippen molar-refractivity contribution < 1.29 is 104 Å². The molecule has 1 saturated carbocycles. The molecule has 0 bridgehead atoms. The molecule has 137 heavy (non-hydrogen) atoms. The van der Waals surface area contributed by atoms with Gasteiger partial charge >= 0.3 is 46.6 Å². The number of halogens is 6. The van der Waals surface area contributed by atoms with Gasteiger partial charge in [-0.1, -0.05) is 28.8 Å². The zero-order valence-electron chi connectivity index (χ0n) is 85.9. The van der Waals surface area contributed by atoms with E-state index < -0.39 is 55.3 Å². The Morgan fingerprint density at radius 1 is 0.445 bits per heavy atom. The number of hydrogen-bond acceptors (Lipinski definition) is 28. The van der Waals surface area contributed by atoms with E-state index in [9.17, 15) is 58.1 Å². The molecule has 4 N–H and O–H groups in total. The molecule has 4 aromatic rings. The monoisotopic (exact) mass is 2090 g/mol. The first-order valence-electron chi connectivity index (χ1n) is 49.6. The number of nitrogens with one attached hydrogen (secondary N) is 4. The predicted octanol–water partition coefficient (Wildman–Crippen LogP) is 14.0. The maximum atomic E-state index is 12.4. The molecule has 0 spiro atoms. The van der Waals surface area contributed by atoms with E-state index in [4.69, 9.17) is 13.6 Å². The molecule has 11 fully saturated rings. The van der Waals surface area contributed by atoms with Gasteiger partial charge in [0.05, 0.1) is 24.7 Å². The van der Waals surface area contributed by atoms with Crippen LogP contribution in [-0.2, 0) is 58.1 Å². The van der Waals surface area contributed by atoms with Crippen molar-refractivity contribution in [2.45, 2.75) is 276 Å². The normalized spacial score (nSPS) is 19.9. The number of morpholine rings is 1. The van der Waals surface area contributed by atoms with Crippen LogP contribution in [0.2, 0.25) is 0 Å². The summed E-state index contributed by atoms with van der Waals surface area (Å²) in [6.45, 7) is 75.4. The molecule has 11 aliphatic rings. The maximum absolute atomic E-state index is 12.4. The summed E-state index contributed by atoms with van der Waals surface area (Å²) in [4.78, 5) is 76.4. The molecule has 4 amide bonds. The van der Waals surface area contributed by atoms with Gasteiger partial charge in [0.1, 0.15) is 0 Å². The van der Waals surface area contributed by atoms with Gasteiger partial charge in [-0.15, -0.1) is 16.7 Å². The molecule has 10 aliphatic heterocycles. The smallest absolute Gasteiger partial charge is 0.399 e. The number of anilines is 2. The third-order valence-corrected chi connectivity index (χ3v) is 29.3. The Morgan fingerprint density at radius 2 is 0.788 bits per heavy atom. The van der Waals surface area contributed by atoms with Crippen LogP contribution in [0.25, 0.3) is 0 Å². The molecule has 0 unspecified atom stereocenters. The zero-order chi connectivity index (χ0) is 101. The van der Waals surface area contributed by atoms with Gasteiger partial charge in [-0.25, -0.2) is 8.42 Å². The van der Waals surface area contributed by atoms with E-state index in [0.717, 1.165) is 138 Å². The van der Waals surface area contributed by atoms with Crippen LogP contribution in [0.15, 0.2) is 67.2 Å². The van der Waals surface area contributed by atoms with Crippen molar-refractivity contribution in [3.05, 3.63) is 78.4 Å². The summed E-state index contributed by atoms with van der Waals surface area (Å²) in [5.74, 6) is -0.753. The van der Waals surface area contributed by atoms with Crippen LogP contribution in [0, 0.1) is 6.92 Å². The number of ether oxygens (including phenoxy) is 1. The quantitative estimate of drug-likeness (QED) is 0.0385. The van der Waals surface area contributed by atoms with Crippen LogP contribution < -0.4 is 21.3 Å². The van der Waals surface area contributed by atoms with Crippen LogP contribution in [-0.4, -0.2) is 407 Å². The number of sulfone groups is 1. The molecular formula is C96H169F6N20O10S4Y-. The van der Waals surface area contributed by atoms with Crippen LogP contribution in [0.5, 0.6) is 0 Å². The number of nitrogens with zero attached hydrogens (tertiary/aromatic N) is 16. The van der Waals surface area contributed by atoms with E-state index in [1.165, 1.54) is 192 Å². The fourth-order valence-electron chi connectivity index (χ4n) is 15.8. The number of likely N-dealkylation sites (tertiary alicyclic amines) is 4. The number of benzene rings is 2. The Morgan fingerprint density at radius 3 is 1.15 bits per heavy atom. The topological polar surface area (TPSA) is 294 Å². The van der Waals surface area contributed by atoms with Crippen LogP contribution >= 0.6 is 23.5 Å². The van der Waals surface area contributed by atoms with Gasteiger partial charge in [-0.2, -0.15) is 26.3 Å². The first-order valence-corrected chi connectivity index (χ1v) is 54.6. The number of piperidine rings is 2. The Balaban J connectivity index is 0.000000325. The van der Waals surface area contributed by atoms with Crippen molar-refractivity contribution in [2.75, 3.05) is 231 Å². The van der Waals surface area contributed by atoms with Gasteiger partial charge < -0.3 is 55.6 Å². The summed E-state index contributed by atoms with van der Waals surface area (Å²) < 4.78 is 123. The number of aromatic nitrogens is 4. The Hall–Kier alpha value is -4.44. The van der Waals surface area contributed by atoms with Gasteiger partial charge in [-0.05, 0) is 295 Å². The molecular weight excluding hydrogens is 1920 g/mol. The fraction of sp³-hybridized carbons (Fsp3) is 0.781. The number of carbonyl (C=O) groups is 4. The van der Waals surface area contributed by atoms with Crippen molar-refractivity contribution in [1.29, 1.82) is 0 Å². The average Bonchev–Trinajstić information content (AvgIpc) is 1.75. The summed E-state index contributed by atoms with van der Waals surface area (Å²) in [5, 5.41) is 24.2. The Bertz CT molecular complexity index is 4000. The van der Waals surface area contributed by atoms with Gasteiger partial charge in [0.15, 0.2) is 9.84 Å². The molecule has 41 heteroatoms. The SMILES string of the molecule is CC(C)N1CCC1.CC(C)N1CCCC1.CC(C)N1CCCCC1.CC(C)N1CCN(C)CC1.CC(C)N1CCN(C2CC2)CC1.CC(C)N1CCNCC1.CC(C)N1CCOCC1.CC(C)N1CCS(=O)(=O)CC1.CC(C)N1CCS(=O)CC1.O=C(Nc1nnc(C(=O)N2CCCCC2)o1)c1cccc(SC(F)(F)F)c1.[CH2-]CNC(=O)c1nnc(NC(=O)c2cccc(SC(F)(F)F)c2)o1.[Y]. The third-order valence-electron chi connectivity index (χ3n) is 25.0. The average molecular weight is 2090 g/mol. The minimum atomic E-state index is -4.46. The standard InChI is InChI=1S/C16H15F3N4O3S.C13H10F3N4O3S.C10H20N2.C8H18N2.C8H17N.C7H16N2.C7H15NO2S.C7H15NOS.C7H15NO.C7H15N.C6H13N.Y/c17-16(18,19)27-11-6-4-5-10(9-11)12(24)20-15-22-21-13(26-15)14(25)23-7-2-1-3-8-23;1-2-17-10(22)11-19-20-12(23-11)18-9(21)7-4-3-5-8(6-7)24-13(14,15)16;1-9(2)11-5-7-12(8-6-11)10-3-4-10;1-8(2)10-6-4-9(3)5-7-10;1-8(2)9-6-4-3-5-7-9;1-7(2)9-5-3-8-4-6-9;1-7(2)8-3-5-11(9,10)6-4-8;1-7(2)8-3-5-10(9)6-4-8;1-7(2)8-3-5-9-6-4-8;1-7(2)8-5-3-4-6-8;1-6(2)7-4-3-5-7;/h4-6,9H,1-3,7-8H2,(H,20,22,24);3-6H,1-2H2,(H,17,22)(H,18,20,21);9-10H,3-8H2,1-2H3;8H,4-7H2,1-3H3;8H,3-7H2,1-2H3;7-8H,3-6H2,1-2H3;7H,3-6H2,1-2H3;7H,3-6H2,1-2H3;7H,3-6H2,1-2H3;7H,3-6H2,1-2H3;6H,3-5H2,1-2H3;/q;-1;;;;;;;;;;. The van der Waals surface area contributed by atoms with Crippen LogP contribution in [0.1, 0.15) is 237 Å². The number of carbonyl (C=O) groups excluding carboxylic acids is 4. The fourth-order valence-corrected chi connectivity index (χ4v) is 19.3. The van der Waals surface area contributed by atoms with Gasteiger partial charge in [0.2, 0.25) is 0 Å². The molecule has 2 aromatic heterocycles. The van der Waals surface area contributed by atoms with E-state index in [1.807, 2.05) is 0 Å². The molecule has 783 valence electrons. The first kappa shape index (κ1) is 125. The van der Waals surface area contributed by atoms with Gasteiger partial charge in [0, 0.05) is 267 Å². The van der Waals surface area contributed by atoms with E-state index >= 15 is 0 Å². The third kappa shape index (κ3) is 52.8. The van der Waals surface area contributed by atoms with Crippen molar-refractivity contribution in [3.8, 4) is 0 Å². The molecule has 10 saturated heterocycles. The molecule has 1 radical (unpaired) electrons. The van der Waals surface area contributed by atoms with Crippen molar-refractivity contribution in [2.24, 2.45) is 0 Å². The van der Waals surface area contributed by atoms with Gasteiger partial charge in [0.25, 0.3) is 11.8 Å². The van der Waals surface area contributed by atoms with Crippen molar-refractivity contribution >= 4 is 79.8 Å². The minimum absolute atomic E-state index is 0. The summed E-state index contributed by atoms with van der Waals surface area (Å²) in [6, 6.07) is 16.6. The molecule has 15 rings (SSSR count). The molecule has 30 nitrogen and oxygen atoms in total. The number of hydrogen-bond donors (Lipinski definition) is 4. The van der Waals surface area contributed by atoms with Crippen LogP contribution in [0.3, 0.4) is 0 Å². The number of piperazine rings is 3. The summed E-state index contributed by atoms with van der Waals surface area (Å²) in [6.07, 6.45) is 14.3. The summed E-state index contributed by atoms with van der Waals surface area (Å²) in [7, 11) is -1.02. The largest absolute Gasteiger partial charge is 0.446 e. The van der Waals surface area contributed by atoms with Crippen LogP contribution in [0.4, 0.5) is 38.4 Å². The molecule has 1 aliphatic carbocycles. The molecule has 0 atom stereocenters. The van der Waals surface area contributed by atoms with E-state index in [1.54, 1.807) is 4.90 Å². The Kier molecular flexibility index (Phi) is 60.7. The zero-order valence-corrected chi connectivity index (χ0v) is 92.0. The number of thioether (sulfide) groups is 2. The Labute approximate surface area is 853 Å². The van der Waals surface area contributed by atoms with E-state index in [0.29, 0.717) is 55.8 Å². The number of likely N-dealkylation sites (N-methyl/N-ethyl adjacent to an activating group) is 1. The minimum Gasteiger partial charge on any atom is -0.399 e. The summed E-state index contributed by atoms with van der Waals surface area (Å²) >= 11 is -0.657. The predicted molar refractivity (Wildman–Crippen MR) is 539 cm³/mol. The van der Waals surface area contributed by atoms with E-state index in [2.05, 4.69) is 234 Å². The second-order valence-corrected chi connectivity index (χ2v) is 44.5. The summed E-state index contributed by atoms with van der Waals surface area (Å²) in [5.41, 5.74) is -8.96. The number of rotatable bonds is 19. The molecule has 12 heterocycles. The van der Waals surface area contributed by atoms with Gasteiger partial charge in [-0.3, -0.25) is 68.3 Å². The van der Waals surface area contributed by atoms with E-state index in [-0.39, 0.29) is 108 Å². The second-order valence-electron chi connectivity index (χ2n) is 38.2. The van der Waals surface area contributed by atoms with Crippen molar-refractivity contribution in [3.63, 3.8) is 0 Å². The second kappa shape index (κ2) is 66.6. The molecule has 2 aromatic carbocycles. The number of amides is 4. The maximum Gasteiger partial charge on any atom is 0.446 e. The first-order chi connectivity index (χ1) is 64.3. The number of alkyl halides is 6. The van der Waals surface area contributed by atoms with Crippen molar-refractivity contribution in [1.82, 2.24) is 89.8 Å².